The normalized spacial score (nSPS) is 11.0. The van der Waals surface area contributed by atoms with Crippen LogP contribution in [0.3, 0.4) is 0 Å². The number of thiazole rings is 1. The Balaban J connectivity index is 1.47. The number of ether oxygens (including phenoxy) is 1. The Bertz CT molecular complexity index is 1350. The lowest BCUT2D eigenvalue weighted by molar-refractivity contribution is 0.0983. The lowest BCUT2D eigenvalue weighted by Gasteiger charge is -2.19. The van der Waals surface area contributed by atoms with Gasteiger partial charge < -0.3 is 9.15 Å². The molecule has 0 atom stereocenters. The van der Waals surface area contributed by atoms with Crippen LogP contribution in [0.2, 0.25) is 0 Å². The molecule has 0 aliphatic heterocycles. The molecule has 1 amide bonds. The summed E-state index contributed by atoms with van der Waals surface area (Å²) in [6, 6.07) is 24.5. The van der Waals surface area contributed by atoms with Crippen LogP contribution >= 0.6 is 11.3 Å². The summed E-state index contributed by atoms with van der Waals surface area (Å²) in [6.07, 6.45) is 1.61. The van der Waals surface area contributed by atoms with Crippen molar-refractivity contribution in [3.63, 3.8) is 0 Å². The zero-order valence-corrected chi connectivity index (χ0v) is 19.1. The molecule has 164 valence electrons. The third-order valence-corrected chi connectivity index (χ3v) is 6.59. The minimum Gasteiger partial charge on any atom is -0.467 e. The quantitative estimate of drug-likeness (QED) is 0.273. The summed E-state index contributed by atoms with van der Waals surface area (Å²) >= 11 is 1.52. The van der Waals surface area contributed by atoms with Crippen molar-refractivity contribution in [3.05, 3.63) is 108 Å². The Hall–Kier alpha value is -3.90. The second-order valence-electron chi connectivity index (χ2n) is 7.78. The van der Waals surface area contributed by atoms with Crippen molar-refractivity contribution < 1.29 is 13.9 Å². The summed E-state index contributed by atoms with van der Waals surface area (Å²) in [5.41, 5.74) is 3.71. The number of carbonyl (C=O) groups is 1. The van der Waals surface area contributed by atoms with Crippen LogP contribution < -0.4 is 9.64 Å². The molecule has 0 aliphatic rings. The van der Waals surface area contributed by atoms with Crippen molar-refractivity contribution in [2.75, 3.05) is 4.90 Å². The summed E-state index contributed by atoms with van der Waals surface area (Å²) < 4.78 is 12.5. The predicted molar refractivity (Wildman–Crippen MR) is 131 cm³/mol. The summed E-state index contributed by atoms with van der Waals surface area (Å²) in [5.74, 6) is 1.96. The summed E-state index contributed by atoms with van der Waals surface area (Å²) in [4.78, 5) is 20.1. The average Bonchev–Trinajstić information content (AvgIpc) is 3.51. The number of aromatic nitrogens is 1. The standard InChI is InChI=1S/C27H22N2O3S/c1-18-10-11-19(2)25-24(18)28-27(33-25)29(17-23-9-6-16-31-23)26(30)20-12-14-22(15-13-20)32-21-7-4-3-5-8-21/h3-16H,17H2,1-2H3. The molecule has 0 spiro atoms. The molecule has 0 bridgehead atoms. The van der Waals surface area contributed by atoms with Gasteiger partial charge in [-0.3, -0.25) is 9.69 Å². The Labute approximate surface area is 195 Å². The SMILES string of the molecule is Cc1ccc(C)c2sc(N(Cc3ccco3)C(=O)c3ccc(Oc4ccccc4)cc3)nc12. The van der Waals surface area contributed by atoms with Crippen LogP contribution in [0, 0.1) is 13.8 Å². The molecule has 5 rings (SSSR count). The maximum absolute atomic E-state index is 13.6. The highest BCUT2D eigenvalue weighted by Crippen LogP contribution is 2.34. The Morgan fingerprint density at radius 3 is 2.33 bits per heavy atom. The zero-order chi connectivity index (χ0) is 22.8. The third kappa shape index (κ3) is 4.38. The van der Waals surface area contributed by atoms with Gasteiger partial charge in [-0.05, 0) is 73.5 Å². The highest BCUT2D eigenvalue weighted by Gasteiger charge is 2.23. The number of aryl methyl sites for hydroxylation is 2. The van der Waals surface area contributed by atoms with E-state index >= 15 is 0 Å². The van der Waals surface area contributed by atoms with Gasteiger partial charge >= 0.3 is 0 Å². The number of fused-ring (bicyclic) bond motifs is 1. The molecular weight excluding hydrogens is 432 g/mol. The van der Waals surface area contributed by atoms with E-state index in [1.165, 1.54) is 11.3 Å². The van der Waals surface area contributed by atoms with E-state index in [2.05, 4.69) is 19.1 Å². The van der Waals surface area contributed by atoms with E-state index in [-0.39, 0.29) is 5.91 Å². The smallest absolute Gasteiger partial charge is 0.260 e. The van der Waals surface area contributed by atoms with Crippen molar-refractivity contribution in [1.82, 2.24) is 4.98 Å². The number of rotatable bonds is 6. The minimum absolute atomic E-state index is 0.146. The number of nitrogens with zero attached hydrogens (tertiary/aromatic N) is 2. The van der Waals surface area contributed by atoms with Crippen molar-refractivity contribution in [3.8, 4) is 11.5 Å². The van der Waals surface area contributed by atoms with Crippen molar-refractivity contribution in [2.45, 2.75) is 20.4 Å². The fraction of sp³-hybridized carbons (Fsp3) is 0.111. The van der Waals surface area contributed by atoms with Crippen LogP contribution in [0.15, 0.2) is 89.5 Å². The van der Waals surface area contributed by atoms with Gasteiger partial charge in [-0.1, -0.05) is 41.7 Å². The largest absolute Gasteiger partial charge is 0.467 e. The van der Waals surface area contributed by atoms with E-state index in [1.807, 2.05) is 49.4 Å². The fourth-order valence-electron chi connectivity index (χ4n) is 3.59. The summed E-state index contributed by atoms with van der Waals surface area (Å²) in [5, 5.41) is 0.647. The van der Waals surface area contributed by atoms with Crippen LogP contribution in [-0.4, -0.2) is 10.9 Å². The van der Waals surface area contributed by atoms with Gasteiger partial charge in [-0.15, -0.1) is 0 Å². The number of amides is 1. The number of para-hydroxylation sites is 1. The first-order chi connectivity index (χ1) is 16.1. The lowest BCUT2D eigenvalue weighted by atomic mass is 10.1. The number of furan rings is 1. The molecule has 5 nitrogen and oxygen atoms in total. The predicted octanol–water partition coefficient (Wildman–Crippen LogP) is 7.15. The van der Waals surface area contributed by atoms with E-state index in [9.17, 15) is 4.79 Å². The molecule has 2 aromatic heterocycles. The molecule has 6 heteroatoms. The van der Waals surface area contributed by atoms with E-state index < -0.39 is 0 Å². The van der Waals surface area contributed by atoms with Gasteiger partial charge in [0.05, 0.1) is 23.0 Å². The van der Waals surface area contributed by atoms with E-state index in [0.29, 0.717) is 28.7 Å². The highest BCUT2D eigenvalue weighted by atomic mass is 32.1. The second kappa shape index (κ2) is 8.92. The number of hydrogen-bond acceptors (Lipinski definition) is 5. The zero-order valence-electron chi connectivity index (χ0n) is 18.3. The summed E-state index contributed by atoms with van der Waals surface area (Å²) in [7, 11) is 0. The molecular formula is C27H22N2O3S. The van der Waals surface area contributed by atoms with Crippen LogP contribution in [-0.2, 0) is 6.54 Å². The van der Waals surface area contributed by atoms with E-state index in [4.69, 9.17) is 14.1 Å². The molecule has 0 saturated carbocycles. The molecule has 0 N–H and O–H groups in total. The maximum Gasteiger partial charge on any atom is 0.260 e. The van der Waals surface area contributed by atoms with Crippen LogP contribution in [0.25, 0.3) is 10.2 Å². The van der Waals surface area contributed by atoms with Crippen LogP contribution in [0.1, 0.15) is 27.2 Å². The average molecular weight is 455 g/mol. The second-order valence-corrected chi connectivity index (χ2v) is 8.76. The maximum atomic E-state index is 13.6. The van der Waals surface area contributed by atoms with Gasteiger partial charge in [0.15, 0.2) is 5.13 Å². The van der Waals surface area contributed by atoms with Gasteiger partial charge in [-0.25, -0.2) is 4.98 Å². The first kappa shape index (κ1) is 21.0. The van der Waals surface area contributed by atoms with Crippen molar-refractivity contribution in [1.29, 1.82) is 0 Å². The first-order valence-corrected chi connectivity index (χ1v) is 11.4. The summed E-state index contributed by atoms with van der Waals surface area (Å²) in [6.45, 7) is 4.40. The Morgan fingerprint density at radius 2 is 1.64 bits per heavy atom. The molecule has 0 fully saturated rings. The Kier molecular flexibility index (Phi) is 5.67. The molecule has 2 heterocycles. The first-order valence-electron chi connectivity index (χ1n) is 10.6. The highest BCUT2D eigenvalue weighted by molar-refractivity contribution is 7.22. The van der Waals surface area contributed by atoms with Gasteiger partial charge in [0.2, 0.25) is 0 Å². The van der Waals surface area contributed by atoms with Gasteiger partial charge in [0.1, 0.15) is 17.3 Å². The molecule has 33 heavy (non-hydrogen) atoms. The number of carbonyl (C=O) groups excluding carboxylic acids is 1. The van der Waals surface area contributed by atoms with Gasteiger partial charge in [0, 0.05) is 5.56 Å². The number of hydrogen-bond donors (Lipinski definition) is 0. The number of anilines is 1. The van der Waals surface area contributed by atoms with Gasteiger partial charge in [-0.2, -0.15) is 0 Å². The molecule has 0 unspecified atom stereocenters. The fourth-order valence-corrected chi connectivity index (χ4v) is 4.70. The topological polar surface area (TPSA) is 55.6 Å². The molecule has 0 saturated heterocycles. The lowest BCUT2D eigenvalue weighted by Crippen LogP contribution is -2.30. The van der Waals surface area contributed by atoms with E-state index in [1.54, 1.807) is 35.4 Å². The van der Waals surface area contributed by atoms with Crippen molar-refractivity contribution >= 4 is 32.6 Å². The van der Waals surface area contributed by atoms with Crippen LogP contribution in [0.5, 0.6) is 11.5 Å². The molecule has 3 aromatic carbocycles. The molecule has 5 aromatic rings. The third-order valence-electron chi connectivity index (χ3n) is 5.38. The molecule has 0 aliphatic carbocycles. The van der Waals surface area contributed by atoms with E-state index in [0.717, 1.165) is 27.1 Å². The monoisotopic (exact) mass is 454 g/mol. The number of benzene rings is 3. The Morgan fingerprint density at radius 1 is 0.909 bits per heavy atom. The van der Waals surface area contributed by atoms with Gasteiger partial charge in [0.25, 0.3) is 5.91 Å². The molecule has 0 radical (unpaired) electrons. The minimum atomic E-state index is -0.146. The van der Waals surface area contributed by atoms with Crippen molar-refractivity contribution in [2.24, 2.45) is 0 Å². The van der Waals surface area contributed by atoms with Crippen LogP contribution in [0.4, 0.5) is 5.13 Å².